The highest BCUT2D eigenvalue weighted by Crippen LogP contribution is 2.27. The number of hydrogen-bond acceptors (Lipinski definition) is 3. The number of hydrogen-bond donors (Lipinski definition) is 3. The average Bonchev–Trinajstić information content (AvgIpc) is 2.95. The second kappa shape index (κ2) is 6.26. The molecular weight excluding hydrogens is 264 g/mol. The van der Waals surface area contributed by atoms with Crippen molar-refractivity contribution in [3.05, 3.63) is 24.4 Å². The number of benzene rings is 1. The lowest BCUT2D eigenvalue weighted by Gasteiger charge is -2.24. The molecule has 1 atom stereocenters. The summed E-state index contributed by atoms with van der Waals surface area (Å²) < 4.78 is 0. The van der Waals surface area contributed by atoms with Crippen LogP contribution in [0, 0.1) is 5.92 Å². The molecule has 4 N–H and O–H groups in total. The first-order valence-corrected chi connectivity index (χ1v) is 7.72. The van der Waals surface area contributed by atoms with E-state index < -0.39 is 6.04 Å². The number of nitrogens with one attached hydrogen (secondary N) is 2. The van der Waals surface area contributed by atoms with Gasteiger partial charge >= 0.3 is 0 Å². The highest BCUT2D eigenvalue weighted by atomic mass is 16.2. The molecule has 3 rings (SSSR count). The predicted octanol–water partition coefficient (Wildman–Crippen LogP) is 2.80. The molecule has 1 aromatic carbocycles. The molecule has 1 unspecified atom stereocenters. The summed E-state index contributed by atoms with van der Waals surface area (Å²) in [6.45, 7) is 0. The number of anilines is 1. The number of nitrogens with zero attached hydrogens (tertiary/aromatic N) is 1. The Morgan fingerprint density at radius 3 is 3.00 bits per heavy atom. The summed E-state index contributed by atoms with van der Waals surface area (Å²) in [6.07, 6.45) is 8.84. The van der Waals surface area contributed by atoms with Gasteiger partial charge in [-0.25, -0.2) is 0 Å². The van der Waals surface area contributed by atoms with Gasteiger partial charge in [-0.05, 0) is 30.5 Å². The van der Waals surface area contributed by atoms with E-state index in [4.69, 9.17) is 5.73 Å². The van der Waals surface area contributed by atoms with Crippen molar-refractivity contribution in [1.82, 2.24) is 10.2 Å². The lowest BCUT2D eigenvalue weighted by atomic mass is 9.85. The van der Waals surface area contributed by atoms with Crippen molar-refractivity contribution in [2.45, 2.75) is 44.6 Å². The number of rotatable bonds is 4. The number of aromatic nitrogens is 2. The van der Waals surface area contributed by atoms with Gasteiger partial charge in [-0.3, -0.25) is 9.89 Å². The molecule has 0 radical (unpaired) electrons. The van der Waals surface area contributed by atoms with Crippen LogP contribution in [-0.2, 0) is 4.79 Å². The number of nitrogens with two attached hydrogens (primary N) is 1. The average molecular weight is 286 g/mol. The summed E-state index contributed by atoms with van der Waals surface area (Å²) in [5.74, 6) is 0.508. The summed E-state index contributed by atoms with van der Waals surface area (Å²) >= 11 is 0. The fourth-order valence-electron chi connectivity index (χ4n) is 3.14. The Labute approximate surface area is 124 Å². The highest BCUT2D eigenvalue weighted by Gasteiger charge is 2.21. The van der Waals surface area contributed by atoms with Gasteiger partial charge in [0.1, 0.15) is 0 Å². The van der Waals surface area contributed by atoms with Gasteiger partial charge in [-0.2, -0.15) is 5.10 Å². The van der Waals surface area contributed by atoms with Crippen molar-refractivity contribution in [1.29, 1.82) is 0 Å². The third-order valence-electron chi connectivity index (χ3n) is 4.36. The van der Waals surface area contributed by atoms with E-state index in [1.165, 1.54) is 32.1 Å². The second-order valence-electron chi connectivity index (χ2n) is 6.01. The molecule has 1 aliphatic rings. The number of carbonyl (C=O) groups is 1. The Morgan fingerprint density at radius 2 is 2.19 bits per heavy atom. The highest BCUT2D eigenvalue weighted by molar-refractivity contribution is 5.96. The van der Waals surface area contributed by atoms with Gasteiger partial charge in [-0.1, -0.05) is 32.1 Å². The van der Waals surface area contributed by atoms with E-state index >= 15 is 0 Å². The lowest BCUT2D eigenvalue weighted by Crippen LogP contribution is -2.37. The zero-order chi connectivity index (χ0) is 14.7. The van der Waals surface area contributed by atoms with Crippen molar-refractivity contribution >= 4 is 22.5 Å². The van der Waals surface area contributed by atoms with Crippen LogP contribution in [0.1, 0.15) is 38.5 Å². The number of fused-ring (bicyclic) bond motifs is 1. The molecule has 5 heteroatoms. The third-order valence-corrected chi connectivity index (χ3v) is 4.36. The SMILES string of the molecule is NC(CC1CCCCC1)C(=O)Nc1ccc2cn[nH]c2c1. The molecule has 2 aromatic rings. The van der Waals surface area contributed by atoms with Gasteiger partial charge in [0.2, 0.25) is 5.91 Å². The number of carbonyl (C=O) groups excluding carboxylic acids is 1. The van der Waals surface area contributed by atoms with E-state index in [9.17, 15) is 4.79 Å². The van der Waals surface area contributed by atoms with Crippen molar-refractivity contribution < 1.29 is 4.79 Å². The summed E-state index contributed by atoms with van der Waals surface area (Å²) in [4.78, 5) is 12.2. The van der Waals surface area contributed by atoms with E-state index in [0.717, 1.165) is 23.0 Å². The van der Waals surface area contributed by atoms with Crippen LogP contribution in [0.2, 0.25) is 0 Å². The van der Waals surface area contributed by atoms with Crippen molar-refractivity contribution in [2.24, 2.45) is 11.7 Å². The van der Waals surface area contributed by atoms with Gasteiger partial charge < -0.3 is 11.1 Å². The number of aromatic amines is 1. The van der Waals surface area contributed by atoms with Crippen LogP contribution in [0.25, 0.3) is 10.9 Å². The summed E-state index contributed by atoms with van der Waals surface area (Å²) in [6, 6.07) is 5.27. The summed E-state index contributed by atoms with van der Waals surface area (Å²) in [5, 5.41) is 10.8. The molecule has 1 saturated carbocycles. The van der Waals surface area contributed by atoms with Crippen LogP contribution in [-0.4, -0.2) is 22.1 Å². The molecule has 0 bridgehead atoms. The van der Waals surface area contributed by atoms with Crippen LogP contribution < -0.4 is 11.1 Å². The van der Waals surface area contributed by atoms with Crippen LogP contribution >= 0.6 is 0 Å². The maximum atomic E-state index is 12.2. The molecule has 5 nitrogen and oxygen atoms in total. The maximum Gasteiger partial charge on any atom is 0.241 e. The van der Waals surface area contributed by atoms with E-state index in [1.807, 2.05) is 18.2 Å². The third kappa shape index (κ3) is 3.42. The number of H-pyrrole nitrogens is 1. The summed E-state index contributed by atoms with van der Waals surface area (Å²) in [7, 11) is 0. The second-order valence-corrected chi connectivity index (χ2v) is 6.01. The van der Waals surface area contributed by atoms with Crippen LogP contribution in [0.5, 0.6) is 0 Å². The molecule has 1 heterocycles. The Bertz CT molecular complexity index is 616. The molecule has 0 aliphatic heterocycles. The fourth-order valence-corrected chi connectivity index (χ4v) is 3.14. The normalized spacial score (nSPS) is 17.8. The minimum Gasteiger partial charge on any atom is -0.325 e. The molecule has 0 saturated heterocycles. The van der Waals surface area contributed by atoms with Gasteiger partial charge in [0, 0.05) is 11.1 Å². The quantitative estimate of drug-likeness (QED) is 0.808. The molecule has 1 aromatic heterocycles. The Kier molecular flexibility index (Phi) is 4.20. The topological polar surface area (TPSA) is 83.8 Å². The van der Waals surface area contributed by atoms with Gasteiger partial charge in [0.15, 0.2) is 0 Å². The molecule has 1 amide bonds. The standard InChI is InChI=1S/C16H22N4O/c17-14(8-11-4-2-1-3-5-11)16(21)19-13-7-6-12-10-18-20-15(12)9-13/h6-7,9-11,14H,1-5,8,17H2,(H,18,20)(H,19,21). The van der Waals surface area contributed by atoms with Crippen molar-refractivity contribution in [2.75, 3.05) is 5.32 Å². The van der Waals surface area contributed by atoms with Crippen LogP contribution in [0.15, 0.2) is 24.4 Å². The molecule has 21 heavy (non-hydrogen) atoms. The van der Waals surface area contributed by atoms with Crippen molar-refractivity contribution in [3.63, 3.8) is 0 Å². The zero-order valence-corrected chi connectivity index (χ0v) is 12.1. The smallest absolute Gasteiger partial charge is 0.241 e. The molecule has 1 aliphatic carbocycles. The first-order valence-electron chi connectivity index (χ1n) is 7.72. The maximum absolute atomic E-state index is 12.2. The van der Waals surface area contributed by atoms with Gasteiger partial charge in [0.25, 0.3) is 0 Å². The molecule has 1 fully saturated rings. The fraction of sp³-hybridized carbons (Fsp3) is 0.500. The monoisotopic (exact) mass is 286 g/mol. The number of amides is 1. The minimum absolute atomic E-state index is 0.0977. The molecule has 112 valence electrons. The Hall–Kier alpha value is -1.88. The molecular formula is C16H22N4O. The van der Waals surface area contributed by atoms with E-state index in [1.54, 1.807) is 6.20 Å². The first kappa shape index (κ1) is 14.1. The lowest BCUT2D eigenvalue weighted by molar-refractivity contribution is -0.117. The zero-order valence-electron chi connectivity index (χ0n) is 12.1. The minimum atomic E-state index is -0.425. The van der Waals surface area contributed by atoms with Crippen LogP contribution in [0.3, 0.4) is 0 Å². The Morgan fingerprint density at radius 1 is 1.38 bits per heavy atom. The van der Waals surface area contributed by atoms with Crippen molar-refractivity contribution in [3.8, 4) is 0 Å². The first-order chi connectivity index (χ1) is 10.2. The van der Waals surface area contributed by atoms with Crippen LogP contribution in [0.4, 0.5) is 5.69 Å². The van der Waals surface area contributed by atoms with E-state index in [2.05, 4.69) is 15.5 Å². The van der Waals surface area contributed by atoms with Gasteiger partial charge in [0.05, 0.1) is 17.8 Å². The van der Waals surface area contributed by atoms with E-state index in [0.29, 0.717) is 5.92 Å². The largest absolute Gasteiger partial charge is 0.325 e. The molecule has 0 spiro atoms. The summed E-state index contributed by atoms with van der Waals surface area (Å²) in [5.41, 5.74) is 7.73. The predicted molar refractivity (Wildman–Crippen MR) is 83.9 cm³/mol. The van der Waals surface area contributed by atoms with Gasteiger partial charge in [-0.15, -0.1) is 0 Å². The van der Waals surface area contributed by atoms with E-state index in [-0.39, 0.29) is 5.91 Å². The Balaban J connectivity index is 1.59.